The molecule has 0 saturated carbocycles. The molecule has 1 rings (SSSR count). The van der Waals surface area contributed by atoms with Crippen LogP contribution in [0.1, 0.15) is 46.0 Å². The van der Waals surface area contributed by atoms with Gasteiger partial charge in [-0.3, -0.25) is 0 Å². The molecule has 0 aromatic heterocycles. The Morgan fingerprint density at radius 2 is 2.33 bits per heavy atom. The van der Waals surface area contributed by atoms with Crippen LogP contribution >= 0.6 is 0 Å². The van der Waals surface area contributed by atoms with Gasteiger partial charge in [0, 0.05) is 0 Å². The van der Waals surface area contributed by atoms with Crippen molar-refractivity contribution >= 4 is 0 Å². The average Bonchev–Trinajstić information content (AvgIpc) is 2.28. The molecule has 0 nitrogen and oxygen atoms in total. The molecule has 0 aromatic rings. The summed E-state index contributed by atoms with van der Waals surface area (Å²) < 4.78 is 0. The second-order valence-corrected chi connectivity index (χ2v) is 3.98. The molecule has 0 amide bonds. The Morgan fingerprint density at radius 3 is 2.93 bits per heavy atom. The summed E-state index contributed by atoms with van der Waals surface area (Å²) in [7, 11) is 0. The zero-order valence-electron chi connectivity index (χ0n) is 10.00. The predicted octanol–water partition coefficient (Wildman–Crippen LogP) is 4.96. The summed E-state index contributed by atoms with van der Waals surface area (Å²) in [6.45, 7) is 4.29. The van der Waals surface area contributed by atoms with Crippen LogP contribution in [0.5, 0.6) is 0 Å². The fraction of sp³-hybridized carbons (Fsp3) is 0.467. The summed E-state index contributed by atoms with van der Waals surface area (Å²) in [4.78, 5) is 0. The van der Waals surface area contributed by atoms with Crippen LogP contribution in [-0.2, 0) is 0 Å². The maximum Gasteiger partial charge on any atom is -0.0245 e. The molecular weight excluding hydrogens is 180 g/mol. The van der Waals surface area contributed by atoms with Gasteiger partial charge in [0.1, 0.15) is 0 Å². The van der Waals surface area contributed by atoms with Gasteiger partial charge in [-0.15, -0.1) is 0 Å². The van der Waals surface area contributed by atoms with Gasteiger partial charge >= 0.3 is 0 Å². The Hall–Kier alpha value is -1.04. The van der Waals surface area contributed by atoms with E-state index in [9.17, 15) is 0 Å². The van der Waals surface area contributed by atoms with Gasteiger partial charge in [0.25, 0.3) is 0 Å². The van der Waals surface area contributed by atoms with E-state index in [2.05, 4.69) is 50.3 Å². The summed E-state index contributed by atoms with van der Waals surface area (Å²) in [5, 5.41) is 0. The molecule has 0 aliphatic heterocycles. The van der Waals surface area contributed by atoms with Gasteiger partial charge in [0.05, 0.1) is 0 Å². The highest BCUT2D eigenvalue weighted by Crippen LogP contribution is 2.20. The van der Waals surface area contributed by atoms with Crippen molar-refractivity contribution in [3.8, 4) is 0 Å². The number of hydrogen-bond donors (Lipinski definition) is 0. The molecule has 0 spiro atoms. The highest BCUT2D eigenvalue weighted by molar-refractivity contribution is 5.22. The molecule has 0 fully saturated rings. The van der Waals surface area contributed by atoms with Crippen molar-refractivity contribution in [2.45, 2.75) is 46.0 Å². The molecule has 0 bridgehead atoms. The second kappa shape index (κ2) is 7.28. The largest absolute Gasteiger partial charge is 0.0874 e. The average molecular weight is 202 g/mol. The molecule has 1 aliphatic rings. The summed E-state index contributed by atoms with van der Waals surface area (Å²) in [5.74, 6) is 0. The first-order chi connectivity index (χ1) is 7.36. The van der Waals surface area contributed by atoms with E-state index in [0.29, 0.717) is 0 Å². The van der Waals surface area contributed by atoms with E-state index < -0.39 is 0 Å². The fourth-order valence-corrected chi connectivity index (χ4v) is 1.90. The molecule has 0 atom stereocenters. The van der Waals surface area contributed by atoms with Crippen molar-refractivity contribution in [1.29, 1.82) is 0 Å². The number of allylic oxidation sites excluding steroid dienone is 8. The fourth-order valence-electron chi connectivity index (χ4n) is 1.90. The minimum absolute atomic E-state index is 1.14. The van der Waals surface area contributed by atoms with Crippen LogP contribution in [0, 0.1) is 0 Å². The van der Waals surface area contributed by atoms with Crippen molar-refractivity contribution in [2.75, 3.05) is 0 Å². The molecule has 0 unspecified atom stereocenters. The first-order valence-corrected chi connectivity index (χ1v) is 6.03. The molecule has 0 saturated heterocycles. The number of rotatable bonds is 5. The lowest BCUT2D eigenvalue weighted by Crippen LogP contribution is -1.89. The zero-order chi connectivity index (χ0) is 10.9. The van der Waals surface area contributed by atoms with Gasteiger partial charge in [-0.25, -0.2) is 0 Å². The van der Waals surface area contributed by atoms with Crippen LogP contribution in [0.25, 0.3) is 0 Å². The van der Waals surface area contributed by atoms with Crippen LogP contribution in [0.3, 0.4) is 0 Å². The van der Waals surface area contributed by atoms with Crippen molar-refractivity contribution in [1.82, 2.24) is 0 Å². The third kappa shape index (κ3) is 4.83. The monoisotopic (exact) mass is 202 g/mol. The van der Waals surface area contributed by atoms with E-state index in [4.69, 9.17) is 0 Å². The van der Waals surface area contributed by atoms with Crippen molar-refractivity contribution in [3.05, 3.63) is 47.6 Å². The van der Waals surface area contributed by atoms with Crippen molar-refractivity contribution in [2.24, 2.45) is 0 Å². The minimum atomic E-state index is 1.14. The van der Waals surface area contributed by atoms with Gasteiger partial charge in [0.2, 0.25) is 0 Å². The van der Waals surface area contributed by atoms with Gasteiger partial charge in [-0.1, -0.05) is 54.5 Å². The van der Waals surface area contributed by atoms with Gasteiger partial charge < -0.3 is 0 Å². The van der Waals surface area contributed by atoms with Crippen LogP contribution < -0.4 is 0 Å². The zero-order valence-corrected chi connectivity index (χ0v) is 10.00. The molecular formula is C15H22. The van der Waals surface area contributed by atoms with E-state index in [1.54, 1.807) is 5.57 Å². The van der Waals surface area contributed by atoms with Crippen LogP contribution in [0.4, 0.5) is 0 Å². The third-order valence-electron chi connectivity index (χ3n) is 2.68. The van der Waals surface area contributed by atoms with E-state index in [1.807, 2.05) is 0 Å². The van der Waals surface area contributed by atoms with Gasteiger partial charge in [0.15, 0.2) is 0 Å². The Bertz CT molecular complexity index is 287. The summed E-state index contributed by atoms with van der Waals surface area (Å²) >= 11 is 0. The lowest BCUT2D eigenvalue weighted by Gasteiger charge is -2.09. The van der Waals surface area contributed by atoms with Crippen LogP contribution in [-0.4, -0.2) is 0 Å². The molecule has 15 heavy (non-hydrogen) atoms. The third-order valence-corrected chi connectivity index (χ3v) is 2.68. The quantitative estimate of drug-likeness (QED) is 0.553. The maximum absolute atomic E-state index is 2.33. The van der Waals surface area contributed by atoms with E-state index >= 15 is 0 Å². The summed E-state index contributed by atoms with van der Waals surface area (Å²) in [6.07, 6.45) is 19.5. The summed E-state index contributed by atoms with van der Waals surface area (Å²) in [6, 6.07) is 0. The molecule has 82 valence electrons. The molecule has 1 aliphatic carbocycles. The standard InChI is InChI=1S/C15H22/c1-3-8-14(9-4-2)12-13-15-10-6-5-7-11-15/h3,5-6,8-10H,4,7,11-13H2,1-2H3/b8-3-,14-9+. The van der Waals surface area contributed by atoms with Gasteiger partial charge in [-0.2, -0.15) is 0 Å². The van der Waals surface area contributed by atoms with Crippen molar-refractivity contribution in [3.63, 3.8) is 0 Å². The predicted molar refractivity (Wildman–Crippen MR) is 68.9 cm³/mol. The van der Waals surface area contributed by atoms with Crippen LogP contribution in [0.2, 0.25) is 0 Å². The number of hydrogen-bond acceptors (Lipinski definition) is 0. The first-order valence-electron chi connectivity index (χ1n) is 6.03. The first kappa shape index (κ1) is 12.0. The van der Waals surface area contributed by atoms with Gasteiger partial charge in [-0.05, 0) is 39.0 Å². The highest BCUT2D eigenvalue weighted by Gasteiger charge is 2.00. The second-order valence-electron chi connectivity index (χ2n) is 3.98. The topological polar surface area (TPSA) is 0 Å². The highest BCUT2D eigenvalue weighted by atomic mass is 14.1. The Labute approximate surface area is 94.1 Å². The molecule has 0 heteroatoms. The Kier molecular flexibility index (Phi) is 5.84. The van der Waals surface area contributed by atoms with E-state index in [-0.39, 0.29) is 0 Å². The summed E-state index contributed by atoms with van der Waals surface area (Å²) in [5.41, 5.74) is 3.08. The lowest BCUT2D eigenvalue weighted by molar-refractivity contribution is 0.839. The van der Waals surface area contributed by atoms with E-state index in [1.165, 1.54) is 31.3 Å². The lowest BCUT2D eigenvalue weighted by atomic mass is 9.97. The Morgan fingerprint density at radius 1 is 1.47 bits per heavy atom. The molecule has 0 heterocycles. The minimum Gasteiger partial charge on any atom is -0.0874 e. The normalized spacial score (nSPS) is 17.2. The SMILES string of the molecule is C/C=C\C(=C/CC)CCC1=CC=CCC1. The van der Waals surface area contributed by atoms with Crippen molar-refractivity contribution < 1.29 is 0 Å². The molecule has 0 radical (unpaired) electrons. The molecule has 0 aromatic carbocycles. The molecule has 0 N–H and O–H groups in total. The smallest absolute Gasteiger partial charge is 0.0245 e. The maximum atomic E-state index is 2.33. The van der Waals surface area contributed by atoms with E-state index in [0.717, 1.165) is 6.42 Å². The van der Waals surface area contributed by atoms with Crippen LogP contribution in [0.15, 0.2) is 47.6 Å². The Balaban J connectivity index is 2.42.